The highest BCUT2D eigenvalue weighted by Crippen LogP contribution is 2.20. The van der Waals surface area contributed by atoms with Crippen molar-refractivity contribution < 1.29 is 13.2 Å². The fourth-order valence-corrected chi connectivity index (χ4v) is 3.92. The van der Waals surface area contributed by atoms with Gasteiger partial charge in [0.2, 0.25) is 10.0 Å². The first-order valence-corrected chi connectivity index (χ1v) is 8.77. The molecule has 1 aliphatic heterocycles. The van der Waals surface area contributed by atoms with E-state index in [0.717, 1.165) is 31.4 Å². The molecule has 0 saturated carbocycles. The first kappa shape index (κ1) is 15.3. The lowest BCUT2D eigenvalue weighted by atomic mass is 10.3. The molecule has 2 heterocycles. The van der Waals surface area contributed by atoms with Gasteiger partial charge in [0.15, 0.2) is 0 Å². The maximum absolute atomic E-state index is 12.2. The molecule has 0 amide bonds. The van der Waals surface area contributed by atoms with E-state index in [1.165, 1.54) is 0 Å². The van der Waals surface area contributed by atoms with Gasteiger partial charge in [0.1, 0.15) is 11.9 Å². The molecule has 0 bridgehead atoms. The van der Waals surface area contributed by atoms with Gasteiger partial charge in [-0.1, -0.05) is 19.8 Å². The van der Waals surface area contributed by atoms with Crippen molar-refractivity contribution in [1.82, 2.24) is 9.29 Å². The lowest BCUT2D eigenvalue weighted by molar-refractivity contribution is 0.215. The third-order valence-electron chi connectivity index (χ3n) is 3.46. The number of hydrogen-bond acceptors (Lipinski definition) is 4. The highest BCUT2D eigenvalue weighted by molar-refractivity contribution is 7.89. The molecule has 112 valence electrons. The average molecular weight is 298 g/mol. The number of ether oxygens (including phenoxy) is 1. The fraction of sp³-hybridized carbons (Fsp3) is 0.643. The zero-order chi connectivity index (χ0) is 14.4. The second-order valence-electron chi connectivity index (χ2n) is 5.09. The highest BCUT2D eigenvalue weighted by Gasteiger charge is 2.31. The first-order chi connectivity index (χ1) is 9.62. The minimum atomic E-state index is -3.12. The van der Waals surface area contributed by atoms with Gasteiger partial charge in [-0.05, 0) is 25.0 Å². The largest absolute Gasteiger partial charge is 0.489 e. The van der Waals surface area contributed by atoms with Crippen molar-refractivity contribution in [2.45, 2.75) is 38.7 Å². The molecule has 0 N–H and O–H groups in total. The van der Waals surface area contributed by atoms with Crippen LogP contribution in [-0.4, -0.2) is 42.7 Å². The molecule has 5 nitrogen and oxygen atoms in total. The van der Waals surface area contributed by atoms with E-state index in [0.29, 0.717) is 13.1 Å². The number of unbranched alkanes of at least 4 members (excludes halogenated alkanes) is 2. The topological polar surface area (TPSA) is 59.5 Å². The van der Waals surface area contributed by atoms with Gasteiger partial charge in [-0.25, -0.2) is 8.42 Å². The van der Waals surface area contributed by atoms with Crippen LogP contribution in [0.4, 0.5) is 0 Å². The Morgan fingerprint density at radius 2 is 2.10 bits per heavy atom. The minimum absolute atomic E-state index is 0.0571. The molecule has 1 aromatic heterocycles. The summed E-state index contributed by atoms with van der Waals surface area (Å²) in [7, 11) is -3.12. The van der Waals surface area contributed by atoms with Crippen LogP contribution in [0.5, 0.6) is 5.75 Å². The number of hydrogen-bond donors (Lipinski definition) is 0. The number of aromatic nitrogens is 1. The van der Waals surface area contributed by atoms with Crippen LogP contribution in [0.1, 0.15) is 32.6 Å². The van der Waals surface area contributed by atoms with Gasteiger partial charge in [0.05, 0.1) is 12.3 Å². The summed E-state index contributed by atoms with van der Waals surface area (Å²) < 4.78 is 31.7. The van der Waals surface area contributed by atoms with Crippen molar-refractivity contribution in [1.29, 1.82) is 0 Å². The van der Waals surface area contributed by atoms with Crippen molar-refractivity contribution in [2.24, 2.45) is 0 Å². The Kier molecular flexibility index (Phi) is 5.37. The van der Waals surface area contributed by atoms with Crippen molar-refractivity contribution in [3.05, 3.63) is 24.5 Å². The molecule has 1 fully saturated rings. The van der Waals surface area contributed by atoms with Crippen LogP contribution >= 0.6 is 0 Å². The van der Waals surface area contributed by atoms with Crippen LogP contribution in [0.2, 0.25) is 0 Å². The van der Waals surface area contributed by atoms with E-state index in [-0.39, 0.29) is 11.9 Å². The standard InChI is InChI=1S/C14H22N2O3S/c1-2-3-4-11-20(17,18)16-10-7-14(12-16)19-13-5-8-15-9-6-13/h5-6,8-9,14H,2-4,7,10-12H2,1H3. The van der Waals surface area contributed by atoms with E-state index in [9.17, 15) is 8.42 Å². The van der Waals surface area contributed by atoms with Gasteiger partial charge in [-0.2, -0.15) is 4.31 Å². The van der Waals surface area contributed by atoms with Crippen LogP contribution in [0.25, 0.3) is 0 Å². The lowest BCUT2D eigenvalue weighted by Crippen LogP contribution is -2.32. The molecular formula is C14H22N2O3S. The maximum Gasteiger partial charge on any atom is 0.214 e. The van der Waals surface area contributed by atoms with Crippen molar-refractivity contribution >= 4 is 10.0 Å². The second kappa shape index (κ2) is 7.04. The number of pyridine rings is 1. The second-order valence-corrected chi connectivity index (χ2v) is 7.18. The molecule has 0 aliphatic carbocycles. The Morgan fingerprint density at radius 1 is 1.35 bits per heavy atom. The Bertz CT molecular complexity index is 504. The van der Waals surface area contributed by atoms with E-state index >= 15 is 0 Å². The van der Waals surface area contributed by atoms with E-state index in [1.807, 2.05) is 0 Å². The van der Waals surface area contributed by atoms with Crippen molar-refractivity contribution in [2.75, 3.05) is 18.8 Å². The molecule has 2 rings (SSSR count). The summed E-state index contributed by atoms with van der Waals surface area (Å²) in [5.74, 6) is 0.998. The molecule has 0 spiro atoms. The van der Waals surface area contributed by atoms with Crippen LogP contribution in [0, 0.1) is 0 Å². The third kappa shape index (κ3) is 4.18. The summed E-state index contributed by atoms with van der Waals surface area (Å²) in [6, 6.07) is 3.58. The van der Waals surface area contributed by atoms with Crippen molar-refractivity contribution in [3.8, 4) is 5.75 Å². The van der Waals surface area contributed by atoms with Gasteiger partial charge in [0.25, 0.3) is 0 Å². The Balaban J connectivity index is 1.85. The molecule has 0 radical (unpaired) electrons. The molecule has 1 saturated heterocycles. The Labute approximate surface area is 121 Å². The molecule has 0 aromatic carbocycles. The normalized spacial score (nSPS) is 20.1. The number of nitrogens with zero attached hydrogens (tertiary/aromatic N) is 2. The smallest absolute Gasteiger partial charge is 0.214 e. The summed E-state index contributed by atoms with van der Waals surface area (Å²) in [4.78, 5) is 3.93. The van der Waals surface area contributed by atoms with Gasteiger partial charge < -0.3 is 4.74 Å². The third-order valence-corrected chi connectivity index (χ3v) is 5.38. The van der Waals surface area contributed by atoms with Gasteiger partial charge in [-0.3, -0.25) is 4.98 Å². The van der Waals surface area contributed by atoms with E-state index in [4.69, 9.17) is 4.74 Å². The average Bonchev–Trinajstić information content (AvgIpc) is 2.89. The van der Waals surface area contributed by atoms with E-state index < -0.39 is 10.0 Å². The van der Waals surface area contributed by atoms with Crippen LogP contribution in [0.15, 0.2) is 24.5 Å². The van der Waals surface area contributed by atoms with Crippen LogP contribution < -0.4 is 4.74 Å². The molecule has 20 heavy (non-hydrogen) atoms. The highest BCUT2D eigenvalue weighted by atomic mass is 32.2. The maximum atomic E-state index is 12.2. The summed E-state index contributed by atoms with van der Waals surface area (Å²) in [5, 5.41) is 0. The molecular weight excluding hydrogens is 276 g/mol. The van der Waals surface area contributed by atoms with Crippen LogP contribution in [-0.2, 0) is 10.0 Å². The molecule has 1 aliphatic rings. The summed E-state index contributed by atoms with van der Waals surface area (Å²) in [5.41, 5.74) is 0. The Morgan fingerprint density at radius 3 is 2.80 bits per heavy atom. The summed E-state index contributed by atoms with van der Waals surface area (Å²) in [6.07, 6.45) is 6.76. The summed E-state index contributed by atoms with van der Waals surface area (Å²) in [6.45, 7) is 3.09. The number of rotatable bonds is 7. The van der Waals surface area contributed by atoms with E-state index in [2.05, 4.69) is 11.9 Å². The number of sulfonamides is 1. The zero-order valence-corrected chi connectivity index (χ0v) is 12.7. The minimum Gasteiger partial charge on any atom is -0.489 e. The van der Waals surface area contributed by atoms with Gasteiger partial charge >= 0.3 is 0 Å². The van der Waals surface area contributed by atoms with Crippen LogP contribution in [0.3, 0.4) is 0 Å². The van der Waals surface area contributed by atoms with Crippen molar-refractivity contribution in [3.63, 3.8) is 0 Å². The predicted octanol–water partition coefficient (Wildman–Crippen LogP) is 2.05. The molecule has 6 heteroatoms. The zero-order valence-electron chi connectivity index (χ0n) is 11.9. The SMILES string of the molecule is CCCCCS(=O)(=O)N1CCC(Oc2ccncc2)C1. The first-order valence-electron chi connectivity index (χ1n) is 7.16. The van der Waals surface area contributed by atoms with Gasteiger partial charge in [0, 0.05) is 18.9 Å². The lowest BCUT2D eigenvalue weighted by Gasteiger charge is -2.17. The monoisotopic (exact) mass is 298 g/mol. The molecule has 1 unspecified atom stereocenters. The summed E-state index contributed by atoms with van der Waals surface area (Å²) >= 11 is 0. The Hall–Kier alpha value is -1.14. The molecule has 1 atom stereocenters. The van der Waals surface area contributed by atoms with Gasteiger partial charge in [-0.15, -0.1) is 0 Å². The predicted molar refractivity (Wildman–Crippen MR) is 78.2 cm³/mol. The van der Waals surface area contributed by atoms with E-state index in [1.54, 1.807) is 28.8 Å². The fourth-order valence-electron chi connectivity index (χ4n) is 2.32. The molecule has 1 aromatic rings. The quantitative estimate of drug-likeness (QED) is 0.723.